The lowest BCUT2D eigenvalue weighted by atomic mass is 10.6. The molecule has 0 aromatic carbocycles. The van der Waals surface area contributed by atoms with Gasteiger partial charge in [0.1, 0.15) is 0 Å². The molecule has 0 atom stereocenters. The molecule has 0 spiro atoms. The fraction of sp³-hybridized carbons (Fsp3) is 0.400. The Morgan fingerprint density at radius 2 is 2.36 bits per heavy atom. The summed E-state index contributed by atoms with van der Waals surface area (Å²) in [5.74, 6) is -0.556. The molecule has 0 bridgehead atoms. The highest BCUT2D eigenvalue weighted by Gasteiger charge is 2.35. The van der Waals surface area contributed by atoms with Crippen LogP contribution in [0.1, 0.15) is 0 Å². The summed E-state index contributed by atoms with van der Waals surface area (Å²) in [6.45, 7) is 3.28. The number of hydrogen-bond donors (Lipinski definition) is 0. The molecule has 1 heterocycles. The maximum atomic E-state index is 10.9. The van der Waals surface area contributed by atoms with E-state index in [2.05, 4.69) is 11.3 Å². The molecule has 1 aliphatic rings. The number of rotatable bonds is 2. The molecule has 1 aliphatic heterocycles. The Labute approximate surface area is 64.3 Å². The van der Waals surface area contributed by atoms with Gasteiger partial charge in [0, 0.05) is 0 Å². The number of sulfonamides is 1. The van der Waals surface area contributed by atoms with Gasteiger partial charge in [-0.15, -0.1) is 6.58 Å². The molecule has 1 saturated heterocycles. The number of cyclic esters (lactones) is 1. The first-order valence-corrected chi connectivity index (χ1v) is 4.47. The van der Waals surface area contributed by atoms with Gasteiger partial charge in [0.2, 0.25) is 5.94 Å². The smallest absolute Gasteiger partial charge is 0.425 e. The second-order valence-electron chi connectivity index (χ2n) is 1.96. The summed E-state index contributed by atoms with van der Waals surface area (Å²) in [5, 5.41) is 0. The number of ether oxygens (including phenoxy) is 1. The van der Waals surface area contributed by atoms with Crippen LogP contribution in [0.15, 0.2) is 12.7 Å². The normalized spacial score (nSPS) is 21.5. The SMILES string of the molecule is C=CCN1C(=O)OCS1(=O)=O. The van der Waals surface area contributed by atoms with Gasteiger partial charge in [0.15, 0.2) is 0 Å². The Hall–Kier alpha value is -1.04. The maximum Gasteiger partial charge on any atom is 0.425 e. The lowest BCUT2D eigenvalue weighted by molar-refractivity contribution is 0.161. The molecule has 0 radical (unpaired) electrons. The zero-order valence-corrected chi connectivity index (χ0v) is 6.50. The maximum absolute atomic E-state index is 10.9. The Balaban J connectivity index is 2.89. The van der Waals surface area contributed by atoms with Crippen molar-refractivity contribution < 1.29 is 17.9 Å². The van der Waals surface area contributed by atoms with Crippen LogP contribution >= 0.6 is 0 Å². The highest BCUT2D eigenvalue weighted by molar-refractivity contribution is 7.89. The van der Waals surface area contributed by atoms with Gasteiger partial charge in [-0.1, -0.05) is 6.08 Å². The third kappa shape index (κ3) is 1.35. The zero-order chi connectivity index (χ0) is 8.48. The molecule has 0 saturated carbocycles. The fourth-order valence-corrected chi connectivity index (χ4v) is 1.67. The van der Waals surface area contributed by atoms with Gasteiger partial charge in [-0.25, -0.2) is 13.2 Å². The highest BCUT2D eigenvalue weighted by atomic mass is 32.2. The van der Waals surface area contributed by atoms with E-state index in [9.17, 15) is 13.2 Å². The summed E-state index contributed by atoms with van der Waals surface area (Å²) in [6, 6.07) is 0. The Bertz CT molecular complexity index is 281. The third-order valence-corrected chi connectivity index (χ3v) is 2.55. The van der Waals surface area contributed by atoms with Crippen molar-refractivity contribution in [2.24, 2.45) is 0 Å². The fourth-order valence-electron chi connectivity index (χ4n) is 0.679. The molecule has 1 amide bonds. The summed E-state index contributed by atoms with van der Waals surface area (Å²) in [5.41, 5.74) is 0. The van der Waals surface area contributed by atoms with Gasteiger partial charge in [-0.2, -0.15) is 4.31 Å². The van der Waals surface area contributed by atoms with Crippen LogP contribution in [0.5, 0.6) is 0 Å². The largest absolute Gasteiger partial charge is 0.430 e. The standard InChI is InChI=1S/C5H7NO4S/c1-2-3-6-5(7)10-4-11(6,8)9/h2H,1,3-4H2. The minimum Gasteiger partial charge on any atom is -0.430 e. The van der Waals surface area contributed by atoms with Crippen molar-refractivity contribution in [3.8, 4) is 0 Å². The Kier molecular flexibility index (Phi) is 1.86. The molecule has 62 valence electrons. The van der Waals surface area contributed by atoms with Gasteiger partial charge in [0.05, 0.1) is 6.54 Å². The number of nitrogens with zero attached hydrogens (tertiary/aromatic N) is 1. The number of amides is 1. The summed E-state index contributed by atoms with van der Waals surface area (Å²) >= 11 is 0. The van der Waals surface area contributed by atoms with E-state index in [-0.39, 0.29) is 6.54 Å². The third-order valence-electron chi connectivity index (χ3n) is 1.17. The average Bonchev–Trinajstić information content (AvgIpc) is 2.16. The van der Waals surface area contributed by atoms with Crippen LogP contribution in [-0.2, 0) is 14.8 Å². The molecular weight excluding hydrogens is 170 g/mol. The zero-order valence-electron chi connectivity index (χ0n) is 5.69. The van der Waals surface area contributed by atoms with Gasteiger partial charge in [-0.3, -0.25) is 0 Å². The minimum atomic E-state index is -3.51. The van der Waals surface area contributed by atoms with Gasteiger partial charge in [0.25, 0.3) is 10.0 Å². The lowest BCUT2D eigenvalue weighted by Gasteiger charge is -2.06. The van der Waals surface area contributed by atoms with E-state index < -0.39 is 22.1 Å². The molecule has 11 heavy (non-hydrogen) atoms. The van der Waals surface area contributed by atoms with Crippen molar-refractivity contribution in [2.75, 3.05) is 12.5 Å². The second kappa shape index (κ2) is 2.54. The molecule has 0 aromatic heterocycles. The van der Waals surface area contributed by atoms with Crippen LogP contribution in [-0.4, -0.2) is 31.3 Å². The topological polar surface area (TPSA) is 63.7 Å². The van der Waals surface area contributed by atoms with Crippen LogP contribution in [0.25, 0.3) is 0 Å². The minimum absolute atomic E-state index is 0.0266. The Morgan fingerprint density at radius 3 is 2.73 bits per heavy atom. The second-order valence-corrected chi connectivity index (χ2v) is 3.80. The Morgan fingerprint density at radius 1 is 1.73 bits per heavy atom. The first kappa shape index (κ1) is 8.06. The van der Waals surface area contributed by atoms with Crippen LogP contribution in [0.3, 0.4) is 0 Å². The summed E-state index contributed by atoms with van der Waals surface area (Å²) < 4.78 is 26.7. The molecule has 1 rings (SSSR count). The van der Waals surface area contributed by atoms with Crippen molar-refractivity contribution in [2.45, 2.75) is 0 Å². The first-order valence-electron chi connectivity index (χ1n) is 2.86. The molecule has 0 aromatic rings. The monoisotopic (exact) mass is 177 g/mol. The van der Waals surface area contributed by atoms with E-state index in [1.165, 1.54) is 6.08 Å². The molecule has 0 unspecified atom stereocenters. The summed E-state index contributed by atoms with van der Waals surface area (Å²) in [6.07, 6.45) is 0.495. The van der Waals surface area contributed by atoms with Crippen LogP contribution < -0.4 is 0 Å². The summed E-state index contributed by atoms with van der Waals surface area (Å²) in [7, 11) is -3.51. The van der Waals surface area contributed by atoms with Crippen molar-refractivity contribution in [1.29, 1.82) is 0 Å². The number of carbonyl (C=O) groups excluding carboxylic acids is 1. The van der Waals surface area contributed by atoms with Gasteiger partial charge >= 0.3 is 6.09 Å². The van der Waals surface area contributed by atoms with E-state index >= 15 is 0 Å². The van der Waals surface area contributed by atoms with E-state index in [0.29, 0.717) is 4.31 Å². The molecule has 5 nitrogen and oxygen atoms in total. The first-order chi connectivity index (χ1) is 5.08. The van der Waals surface area contributed by atoms with E-state index in [4.69, 9.17) is 0 Å². The van der Waals surface area contributed by atoms with E-state index in [1.807, 2.05) is 0 Å². The van der Waals surface area contributed by atoms with Crippen molar-refractivity contribution >= 4 is 16.1 Å². The van der Waals surface area contributed by atoms with E-state index in [1.54, 1.807) is 0 Å². The number of hydrogen-bond acceptors (Lipinski definition) is 4. The predicted octanol–water partition coefficient (Wildman–Crippen LogP) is -0.0881. The molecule has 6 heteroatoms. The van der Waals surface area contributed by atoms with Crippen molar-refractivity contribution in [1.82, 2.24) is 4.31 Å². The van der Waals surface area contributed by atoms with Crippen LogP contribution in [0, 0.1) is 0 Å². The van der Waals surface area contributed by atoms with Crippen molar-refractivity contribution in [3.63, 3.8) is 0 Å². The molecule has 0 aliphatic carbocycles. The van der Waals surface area contributed by atoms with Gasteiger partial charge < -0.3 is 4.74 Å². The van der Waals surface area contributed by atoms with E-state index in [0.717, 1.165) is 0 Å². The average molecular weight is 177 g/mol. The van der Waals surface area contributed by atoms with Gasteiger partial charge in [-0.05, 0) is 0 Å². The molecule has 1 fully saturated rings. The molecule has 0 N–H and O–H groups in total. The predicted molar refractivity (Wildman–Crippen MR) is 37.2 cm³/mol. The van der Waals surface area contributed by atoms with Crippen LogP contribution in [0.2, 0.25) is 0 Å². The van der Waals surface area contributed by atoms with Crippen LogP contribution in [0.4, 0.5) is 4.79 Å². The highest BCUT2D eigenvalue weighted by Crippen LogP contribution is 2.12. The lowest BCUT2D eigenvalue weighted by Crippen LogP contribution is -2.28. The molecular formula is C5H7NO4S. The quantitative estimate of drug-likeness (QED) is 0.553. The number of carbonyl (C=O) groups is 1. The van der Waals surface area contributed by atoms with Crippen molar-refractivity contribution in [3.05, 3.63) is 12.7 Å². The summed E-state index contributed by atoms with van der Waals surface area (Å²) in [4.78, 5) is 10.7.